The third-order valence-corrected chi connectivity index (χ3v) is 0.913. The van der Waals surface area contributed by atoms with Crippen LogP contribution in [0.5, 0.6) is 0 Å². The maximum atomic E-state index is 3.66. The molecule has 3 nitrogen and oxygen atoms in total. The molecule has 1 radical (unpaired) electrons. The smallest absolute Gasteiger partial charge is 0 e. The Hall–Kier alpha value is -0.276. The standard InChI is InChI=1S/C4H6N3.V/c1-3-4(2)6-7-5-3;/h1-2H3;/q-1;. The first-order valence-electron chi connectivity index (χ1n) is 2.10. The maximum absolute atomic E-state index is 3.66. The number of rotatable bonds is 0. The summed E-state index contributed by atoms with van der Waals surface area (Å²) in [4.78, 5) is 0. The van der Waals surface area contributed by atoms with E-state index in [1.54, 1.807) is 0 Å². The van der Waals surface area contributed by atoms with E-state index in [9.17, 15) is 0 Å². The molecule has 1 aromatic rings. The Kier molecular flexibility index (Phi) is 2.80. The van der Waals surface area contributed by atoms with Crippen molar-refractivity contribution in [3.63, 3.8) is 0 Å². The van der Waals surface area contributed by atoms with Crippen molar-refractivity contribution in [2.75, 3.05) is 0 Å². The molecule has 0 fully saturated rings. The van der Waals surface area contributed by atoms with E-state index in [0.717, 1.165) is 11.4 Å². The number of nitrogens with zero attached hydrogens (tertiary/aromatic N) is 3. The Balaban J connectivity index is 0.000000490. The second-order valence-corrected chi connectivity index (χ2v) is 1.46. The minimum atomic E-state index is 0. The van der Waals surface area contributed by atoms with Gasteiger partial charge < -0.3 is 10.2 Å². The topological polar surface area (TPSA) is 39.9 Å². The predicted molar refractivity (Wildman–Crippen MR) is 24.8 cm³/mol. The molecule has 0 N–H and O–H groups in total. The summed E-state index contributed by atoms with van der Waals surface area (Å²) in [7, 11) is 0. The van der Waals surface area contributed by atoms with Gasteiger partial charge in [-0.25, -0.2) is 0 Å². The second-order valence-electron chi connectivity index (χ2n) is 1.46. The molecule has 0 atom stereocenters. The first-order chi connectivity index (χ1) is 3.30. The fourth-order valence-electron chi connectivity index (χ4n) is 0.301. The Morgan fingerprint density at radius 1 is 1.38 bits per heavy atom. The van der Waals surface area contributed by atoms with Gasteiger partial charge in [0.15, 0.2) is 0 Å². The van der Waals surface area contributed by atoms with Crippen molar-refractivity contribution < 1.29 is 18.6 Å². The average Bonchev–Trinajstić information content (AvgIpc) is 1.91. The van der Waals surface area contributed by atoms with Crippen LogP contribution in [0.2, 0.25) is 0 Å². The monoisotopic (exact) mass is 147 g/mol. The zero-order valence-corrected chi connectivity index (χ0v) is 6.19. The van der Waals surface area contributed by atoms with Crippen molar-refractivity contribution in [2.24, 2.45) is 0 Å². The number of aromatic nitrogens is 3. The minimum absolute atomic E-state index is 0. The van der Waals surface area contributed by atoms with Crippen molar-refractivity contribution in [1.82, 2.24) is 15.4 Å². The summed E-state index contributed by atoms with van der Waals surface area (Å²) in [6, 6.07) is 0. The summed E-state index contributed by atoms with van der Waals surface area (Å²) in [5, 5.41) is 10.7. The van der Waals surface area contributed by atoms with Gasteiger partial charge in [-0.3, -0.25) is 5.21 Å². The first-order valence-corrected chi connectivity index (χ1v) is 2.10. The molecule has 1 heterocycles. The molecule has 0 aliphatic heterocycles. The Morgan fingerprint density at radius 3 is 2.12 bits per heavy atom. The molecular formula is C4H6N3V-. The number of hydrogen-bond donors (Lipinski definition) is 0. The van der Waals surface area contributed by atoms with Gasteiger partial charge in [0.25, 0.3) is 0 Å². The van der Waals surface area contributed by atoms with E-state index < -0.39 is 0 Å². The van der Waals surface area contributed by atoms with Crippen LogP contribution in [0.3, 0.4) is 0 Å². The fourth-order valence-corrected chi connectivity index (χ4v) is 0.301. The summed E-state index contributed by atoms with van der Waals surface area (Å²) >= 11 is 0. The molecule has 0 saturated carbocycles. The zero-order chi connectivity index (χ0) is 5.28. The van der Waals surface area contributed by atoms with Crippen LogP contribution in [0.4, 0.5) is 0 Å². The van der Waals surface area contributed by atoms with E-state index >= 15 is 0 Å². The van der Waals surface area contributed by atoms with Crippen LogP contribution in [-0.2, 0) is 18.6 Å². The Labute approximate surface area is 59.8 Å². The molecule has 1 rings (SSSR count). The van der Waals surface area contributed by atoms with Crippen LogP contribution in [0, 0.1) is 13.8 Å². The van der Waals surface area contributed by atoms with E-state index in [-0.39, 0.29) is 18.6 Å². The van der Waals surface area contributed by atoms with Gasteiger partial charge in [-0.15, -0.1) is 0 Å². The zero-order valence-electron chi connectivity index (χ0n) is 4.79. The van der Waals surface area contributed by atoms with Crippen molar-refractivity contribution in [1.29, 1.82) is 0 Å². The molecule has 0 aliphatic rings. The third kappa shape index (κ3) is 1.35. The Bertz CT molecular complexity index is 144. The average molecular weight is 147 g/mol. The Morgan fingerprint density at radius 2 is 2.00 bits per heavy atom. The summed E-state index contributed by atoms with van der Waals surface area (Å²) in [5.74, 6) is 0. The van der Waals surface area contributed by atoms with E-state index in [1.807, 2.05) is 13.8 Å². The van der Waals surface area contributed by atoms with E-state index in [4.69, 9.17) is 0 Å². The SMILES string of the molecule is Cc1nn[n-]c1C.[V]. The number of aryl methyl sites for hydroxylation is 2. The molecule has 0 amide bonds. The maximum Gasteiger partial charge on any atom is 0 e. The predicted octanol–water partition coefficient (Wildman–Crippen LogP) is 0.0481. The molecule has 4 heteroatoms. The summed E-state index contributed by atoms with van der Waals surface area (Å²) in [6.07, 6.45) is 0. The molecule has 0 bridgehead atoms. The van der Waals surface area contributed by atoms with Crippen LogP contribution in [-0.4, -0.2) is 10.3 Å². The third-order valence-electron chi connectivity index (χ3n) is 0.913. The fraction of sp³-hybridized carbons (Fsp3) is 0.500. The molecule has 1 aromatic heterocycles. The van der Waals surface area contributed by atoms with Crippen LogP contribution >= 0.6 is 0 Å². The number of hydrogen-bond acceptors (Lipinski definition) is 2. The summed E-state index contributed by atoms with van der Waals surface area (Å²) in [5.41, 5.74) is 1.83. The van der Waals surface area contributed by atoms with Gasteiger partial charge in [0.05, 0.1) is 0 Å². The van der Waals surface area contributed by atoms with Crippen LogP contribution in [0.15, 0.2) is 0 Å². The van der Waals surface area contributed by atoms with Gasteiger partial charge in [0, 0.05) is 18.6 Å². The molecule has 0 aromatic carbocycles. The minimum Gasteiger partial charge on any atom is -0.355 e. The molecule has 0 unspecified atom stereocenters. The van der Waals surface area contributed by atoms with Crippen LogP contribution in [0.1, 0.15) is 11.4 Å². The summed E-state index contributed by atoms with van der Waals surface area (Å²) in [6.45, 7) is 3.77. The van der Waals surface area contributed by atoms with E-state index in [0.29, 0.717) is 0 Å². The molecular weight excluding hydrogens is 141 g/mol. The van der Waals surface area contributed by atoms with E-state index in [2.05, 4.69) is 15.4 Å². The molecule has 0 aliphatic carbocycles. The molecule has 0 saturated heterocycles. The van der Waals surface area contributed by atoms with Gasteiger partial charge in [-0.1, -0.05) is 11.4 Å². The van der Waals surface area contributed by atoms with Gasteiger partial charge in [0.2, 0.25) is 0 Å². The van der Waals surface area contributed by atoms with E-state index in [1.165, 1.54) is 0 Å². The quantitative estimate of drug-likeness (QED) is 0.520. The molecule has 0 spiro atoms. The van der Waals surface area contributed by atoms with Crippen molar-refractivity contribution >= 4 is 0 Å². The van der Waals surface area contributed by atoms with Gasteiger partial charge >= 0.3 is 0 Å². The summed E-state index contributed by atoms with van der Waals surface area (Å²) < 4.78 is 0. The largest absolute Gasteiger partial charge is 0.355 e. The molecule has 43 valence electrons. The van der Waals surface area contributed by atoms with Crippen molar-refractivity contribution in [3.8, 4) is 0 Å². The first kappa shape index (κ1) is 7.72. The van der Waals surface area contributed by atoms with Crippen LogP contribution < -0.4 is 5.10 Å². The normalized spacial score (nSPS) is 8.25. The molecule has 8 heavy (non-hydrogen) atoms. The van der Waals surface area contributed by atoms with Gasteiger partial charge in [-0.05, 0) is 13.8 Å². The van der Waals surface area contributed by atoms with Crippen molar-refractivity contribution in [3.05, 3.63) is 11.4 Å². The van der Waals surface area contributed by atoms with Crippen molar-refractivity contribution in [2.45, 2.75) is 13.8 Å². The second kappa shape index (κ2) is 2.89. The van der Waals surface area contributed by atoms with Gasteiger partial charge in [0.1, 0.15) is 0 Å². The van der Waals surface area contributed by atoms with Crippen LogP contribution in [0.25, 0.3) is 0 Å². The van der Waals surface area contributed by atoms with Gasteiger partial charge in [-0.2, -0.15) is 0 Å².